The summed E-state index contributed by atoms with van der Waals surface area (Å²) in [5.41, 5.74) is 0. The van der Waals surface area contributed by atoms with Gasteiger partial charge >= 0.3 is 0 Å². The molecule has 7 nitrogen and oxygen atoms in total. The Hall–Kier alpha value is -2.18. The third-order valence-electron chi connectivity index (χ3n) is 3.50. The van der Waals surface area contributed by atoms with Crippen LogP contribution in [0.4, 0.5) is 0 Å². The van der Waals surface area contributed by atoms with Crippen LogP contribution in [0, 0.1) is 5.92 Å². The molecule has 0 aliphatic rings. The van der Waals surface area contributed by atoms with Gasteiger partial charge in [-0.25, -0.2) is 4.98 Å². The van der Waals surface area contributed by atoms with Crippen molar-refractivity contribution in [3.63, 3.8) is 0 Å². The lowest BCUT2D eigenvalue weighted by molar-refractivity contribution is -0.122. The van der Waals surface area contributed by atoms with Crippen molar-refractivity contribution in [2.24, 2.45) is 20.0 Å². The van der Waals surface area contributed by atoms with Gasteiger partial charge in [0.25, 0.3) is 0 Å². The van der Waals surface area contributed by atoms with E-state index in [0.29, 0.717) is 12.8 Å². The Bertz CT molecular complexity index is 600. The fourth-order valence-corrected chi connectivity index (χ4v) is 2.21. The molecule has 0 aliphatic carbocycles. The number of amides is 1. The average Bonchev–Trinajstić information content (AvgIpc) is 3.02. The standard InChI is InChI=1S/C14H22N6O/c1-10(2)13(14-15-7-8-19(14)3)17-12(21)6-5-11-18-16-9-20(11)4/h7-10,13H,5-6H2,1-4H3,(H,17,21). The van der Waals surface area contributed by atoms with Crippen molar-refractivity contribution in [2.75, 3.05) is 0 Å². The Balaban J connectivity index is 1.96. The van der Waals surface area contributed by atoms with Gasteiger partial charge in [-0.3, -0.25) is 4.79 Å². The molecule has 2 rings (SSSR count). The van der Waals surface area contributed by atoms with E-state index < -0.39 is 0 Å². The Kier molecular flexibility index (Phi) is 4.72. The molecule has 2 aromatic rings. The molecule has 0 aromatic carbocycles. The van der Waals surface area contributed by atoms with Gasteiger partial charge in [-0.2, -0.15) is 0 Å². The van der Waals surface area contributed by atoms with Crippen molar-refractivity contribution in [1.29, 1.82) is 0 Å². The zero-order chi connectivity index (χ0) is 15.4. The van der Waals surface area contributed by atoms with Crippen LogP contribution in [0.2, 0.25) is 0 Å². The lowest BCUT2D eigenvalue weighted by Crippen LogP contribution is -2.33. The van der Waals surface area contributed by atoms with E-state index in [1.165, 1.54) is 0 Å². The minimum absolute atomic E-state index is 0.000278. The smallest absolute Gasteiger partial charge is 0.221 e. The van der Waals surface area contributed by atoms with Crippen LogP contribution in [0.5, 0.6) is 0 Å². The molecule has 0 bridgehead atoms. The fraction of sp³-hybridized carbons (Fsp3) is 0.571. The van der Waals surface area contributed by atoms with Gasteiger partial charge in [0.05, 0.1) is 6.04 Å². The van der Waals surface area contributed by atoms with Crippen molar-refractivity contribution in [3.05, 3.63) is 30.4 Å². The zero-order valence-corrected chi connectivity index (χ0v) is 12.9. The summed E-state index contributed by atoms with van der Waals surface area (Å²) < 4.78 is 3.76. The Morgan fingerprint density at radius 1 is 1.33 bits per heavy atom. The first-order chi connectivity index (χ1) is 9.99. The summed E-state index contributed by atoms with van der Waals surface area (Å²) in [6.07, 6.45) is 6.23. The third kappa shape index (κ3) is 3.68. The molecule has 0 fully saturated rings. The van der Waals surface area contributed by atoms with E-state index in [1.54, 1.807) is 12.5 Å². The number of nitrogens with one attached hydrogen (secondary N) is 1. The molecule has 2 aromatic heterocycles. The third-order valence-corrected chi connectivity index (χ3v) is 3.50. The number of hydrogen-bond acceptors (Lipinski definition) is 4. The van der Waals surface area contributed by atoms with E-state index in [4.69, 9.17) is 0 Å². The number of nitrogens with zero attached hydrogens (tertiary/aromatic N) is 5. The van der Waals surface area contributed by atoms with Crippen LogP contribution in [0.3, 0.4) is 0 Å². The maximum Gasteiger partial charge on any atom is 0.221 e. The van der Waals surface area contributed by atoms with E-state index in [0.717, 1.165) is 11.6 Å². The van der Waals surface area contributed by atoms with Crippen molar-refractivity contribution >= 4 is 5.91 Å². The molecule has 0 spiro atoms. The van der Waals surface area contributed by atoms with Gasteiger partial charge < -0.3 is 14.5 Å². The minimum Gasteiger partial charge on any atom is -0.346 e. The van der Waals surface area contributed by atoms with Crippen LogP contribution in [0.25, 0.3) is 0 Å². The maximum atomic E-state index is 12.2. The molecular weight excluding hydrogens is 268 g/mol. The molecule has 7 heteroatoms. The van der Waals surface area contributed by atoms with E-state index >= 15 is 0 Å². The summed E-state index contributed by atoms with van der Waals surface area (Å²) >= 11 is 0. The molecule has 1 amide bonds. The summed E-state index contributed by atoms with van der Waals surface area (Å²) in [6, 6.07) is -0.0861. The molecule has 114 valence electrons. The summed E-state index contributed by atoms with van der Waals surface area (Å²) in [5.74, 6) is 1.95. The molecule has 0 saturated heterocycles. The molecule has 0 saturated carbocycles. The number of hydrogen-bond donors (Lipinski definition) is 1. The largest absolute Gasteiger partial charge is 0.346 e. The first kappa shape index (κ1) is 15.2. The van der Waals surface area contributed by atoms with Gasteiger partial charge in [0.15, 0.2) is 0 Å². The topological polar surface area (TPSA) is 77.6 Å². The lowest BCUT2D eigenvalue weighted by atomic mass is 10.0. The van der Waals surface area contributed by atoms with Gasteiger partial charge in [0, 0.05) is 39.3 Å². The SMILES string of the molecule is CC(C)C(NC(=O)CCc1nncn1C)c1nccn1C. The van der Waals surface area contributed by atoms with Crippen molar-refractivity contribution in [1.82, 2.24) is 29.6 Å². The van der Waals surface area contributed by atoms with Crippen molar-refractivity contribution in [3.8, 4) is 0 Å². The van der Waals surface area contributed by atoms with Crippen LogP contribution >= 0.6 is 0 Å². The summed E-state index contributed by atoms with van der Waals surface area (Å²) in [5, 5.41) is 10.9. The van der Waals surface area contributed by atoms with Crippen LogP contribution < -0.4 is 5.32 Å². The number of carbonyl (C=O) groups is 1. The molecule has 1 N–H and O–H groups in total. The van der Waals surface area contributed by atoms with Gasteiger partial charge in [0.1, 0.15) is 18.0 Å². The zero-order valence-electron chi connectivity index (χ0n) is 12.9. The molecule has 2 heterocycles. The number of aryl methyl sites for hydroxylation is 3. The quantitative estimate of drug-likeness (QED) is 0.861. The second kappa shape index (κ2) is 6.51. The van der Waals surface area contributed by atoms with Crippen LogP contribution in [-0.4, -0.2) is 30.2 Å². The van der Waals surface area contributed by atoms with E-state index in [-0.39, 0.29) is 17.9 Å². The van der Waals surface area contributed by atoms with E-state index in [2.05, 4.69) is 34.3 Å². The number of aromatic nitrogens is 5. The van der Waals surface area contributed by atoms with Crippen LogP contribution in [0.15, 0.2) is 18.7 Å². The Labute approximate surface area is 124 Å². The molecule has 1 unspecified atom stereocenters. The maximum absolute atomic E-state index is 12.2. The summed E-state index contributed by atoms with van der Waals surface area (Å²) in [6.45, 7) is 4.14. The summed E-state index contributed by atoms with van der Waals surface area (Å²) in [7, 11) is 3.81. The highest BCUT2D eigenvalue weighted by Gasteiger charge is 2.21. The minimum atomic E-state index is -0.0861. The lowest BCUT2D eigenvalue weighted by Gasteiger charge is -2.22. The fourth-order valence-electron chi connectivity index (χ4n) is 2.21. The van der Waals surface area contributed by atoms with Crippen molar-refractivity contribution in [2.45, 2.75) is 32.7 Å². The first-order valence-corrected chi connectivity index (χ1v) is 7.08. The summed E-state index contributed by atoms with van der Waals surface area (Å²) in [4.78, 5) is 16.5. The van der Waals surface area contributed by atoms with Gasteiger partial charge in [-0.05, 0) is 5.92 Å². The molecular formula is C14H22N6O. The normalized spacial score (nSPS) is 12.6. The molecule has 0 aliphatic heterocycles. The van der Waals surface area contributed by atoms with E-state index in [9.17, 15) is 4.79 Å². The Morgan fingerprint density at radius 2 is 2.10 bits per heavy atom. The van der Waals surface area contributed by atoms with E-state index in [1.807, 2.05) is 29.4 Å². The van der Waals surface area contributed by atoms with Crippen LogP contribution in [-0.2, 0) is 25.3 Å². The number of imidazole rings is 1. The van der Waals surface area contributed by atoms with Gasteiger partial charge in [0.2, 0.25) is 5.91 Å². The van der Waals surface area contributed by atoms with Gasteiger partial charge in [-0.1, -0.05) is 13.8 Å². The second-order valence-corrected chi connectivity index (χ2v) is 5.54. The number of rotatable bonds is 6. The second-order valence-electron chi connectivity index (χ2n) is 5.54. The molecule has 0 radical (unpaired) electrons. The monoisotopic (exact) mass is 290 g/mol. The highest BCUT2D eigenvalue weighted by atomic mass is 16.1. The number of carbonyl (C=O) groups excluding carboxylic acids is 1. The molecule has 21 heavy (non-hydrogen) atoms. The average molecular weight is 290 g/mol. The Morgan fingerprint density at radius 3 is 2.62 bits per heavy atom. The van der Waals surface area contributed by atoms with Crippen molar-refractivity contribution < 1.29 is 4.79 Å². The predicted molar refractivity (Wildman–Crippen MR) is 78.3 cm³/mol. The highest BCUT2D eigenvalue weighted by Crippen LogP contribution is 2.19. The predicted octanol–water partition coefficient (Wildman–Crippen LogP) is 0.995. The first-order valence-electron chi connectivity index (χ1n) is 7.08. The van der Waals surface area contributed by atoms with Crippen LogP contribution in [0.1, 0.15) is 38.0 Å². The highest BCUT2D eigenvalue weighted by molar-refractivity contribution is 5.76. The molecule has 1 atom stereocenters. The van der Waals surface area contributed by atoms with Gasteiger partial charge in [-0.15, -0.1) is 10.2 Å².